The van der Waals surface area contributed by atoms with E-state index in [1.807, 2.05) is 0 Å². The lowest BCUT2D eigenvalue weighted by Crippen LogP contribution is -2.16. The number of rotatable bonds is 3. The molecule has 0 aromatic rings. The first-order chi connectivity index (χ1) is 6.01. The van der Waals surface area contributed by atoms with Crippen LogP contribution in [-0.4, -0.2) is 15.0 Å². The zero-order chi connectivity index (χ0) is 9.90. The lowest BCUT2D eigenvalue weighted by molar-refractivity contribution is 0.606. The second-order valence-electron chi connectivity index (χ2n) is 2.50. The Morgan fingerprint density at radius 1 is 1.69 bits per heavy atom. The van der Waals surface area contributed by atoms with Crippen molar-refractivity contribution in [2.45, 2.75) is 6.42 Å². The molecular formula is C7H9IN2O2S. The average Bonchev–Trinajstić information content (AvgIpc) is 2.03. The number of allylic oxidation sites excluding steroid dienone is 2. The summed E-state index contributed by atoms with van der Waals surface area (Å²) in [6.45, 7) is 0.456. The van der Waals surface area contributed by atoms with Gasteiger partial charge in [0.1, 0.15) is 0 Å². The van der Waals surface area contributed by atoms with Gasteiger partial charge >= 0.3 is 0 Å². The van der Waals surface area contributed by atoms with Crippen LogP contribution in [-0.2, 0) is 7.19 Å². The standard InChI is InChI=1S/C7H9IN2O2S/c8-13(11,12)10-7-3-1-6(5-9)2-4-7/h3-4,10H,1,5,9H2. The van der Waals surface area contributed by atoms with E-state index in [0.717, 1.165) is 5.57 Å². The van der Waals surface area contributed by atoms with Crippen LogP contribution >= 0.6 is 21.2 Å². The number of nitrogens with two attached hydrogens (primary N) is 1. The molecule has 0 aromatic carbocycles. The summed E-state index contributed by atoms with van der Waals surface area (Å²) in [5, 5.41) is 0. The minimum absolute atomic E-state index is 0.456. The van der Waals surface area contributed by atoms with E-state index in [9.17, 15) is 8.42 Å². The molecule has 0 unspecified atom stereocenters. The van der Waals surface area contributed by atoms with E-state index in [1.54, 1.807) is 12.2 Å². The predicted octanol–water partition coefficient (Wildman–Crippen LogP) is 0.584. The molecular weight excluding hydrogens is 303 g/mol. The molecule has 4 nitrogen and oxygen atoms in total. The first kappa shape index (κ1) is 10.8. The third kappa shape index (κ3) is 3.95. The van der Waals surface area contributed by atoms with E-state index in [0.29, 0.717) is 18.7 Å². The Morgan fingerprint density at radius 2 is 2.38 bits per heavy atom. The van der Waals surface area contributed by atoms with Crippen LogP contribution < -0.4 is 10.5 Å². The van der Waals surface area contributed by atoms with Crippen molar-refractivity contribution in [2.24, 2.45) is 5.73 Å². The van der Waals surface area contributed by atoms with Crippen molar-refractivity contribution in [1.29, 1.82) is 0 Å². The van der Waals surface area contributed by atoms with E-state index in [2.05, 4.69) is 10.5 Å². The lowest BCUT2D eigenvalue weighted by atomic mass is 10.1. The van der Waals surface area contributed by atoms with Crippen LogP contribution in [0.1, 0.15) is 6.42 Å². The Labute approximate surface area is 89.2 Å². The molecule has 0 bridgehead atoms. The normalized spacial score (nSPS) is 16.5. The van der Waals surface area contributed by atoms with Crippen molar-refractivity contribution in [2.75, 3.05) is 6.54 Å². The zero-order valence-electron chi connectivity index (χ0n) is 6.75. The number of hydrogen-bond donors (Lipinski definition) is 2. The highest BCUT2D eigenvalue weighted by atomic mass is 127. The van der Waals surface area contributed by atoms with E-state index in [-0.39, 0.29) is 0 Å². The molecule has 1 aliphatic rings. The summed E-state index contributed by atoms with van der Waals surface area (Å²) in [5.74, 6) is 0. The molecule has 13 heavy (non-hydrogen) atoms. The molecule has 1 aliphatic carbocycles. The molecule has 0 aromatic heterocycles. The molecule has 0 aliphatic heterocycles. The smallest absolute Gasteiger partial charge is 0.286 e. The van der Waals surface area contributed by atoms with Crippen LogP contribution in [0.25, 0.3) is 0 Å². The highest BCUT2D eigenvalue weighted by Crippen LogP contribution is 2.10. The van der Waals surface area contributed by atoms with Gasteiger partial charge in [-0.15, -0.1) is 5.73 Å². The van der Waals surface area contributed by atoms with E-state index >= 15 is 0 Å². The summed E-state index contributed by atoms with van der Waals surface area (Å²) in [5.41, 5.74) is 9.81. The third-order valence-corrected chi connectivity index (χ3v) is 2.63. The van der Waals surface area contributed by atoms with E-state index in [1.165, 1.54) is 21.2 Å². The summed E-state index contributed by atoms with van der Waals surface area (Å²) in [4.78, 5) is 0. The summed E-state index contributed by atoms with van der Waals surface area (Å²) < 4.78 is 24.0. The number of nitrogens with one attached hydrogen (secondary N) is 1. The van der Waals surface area contributed by atoms with Crippen molar-refractivity contribution < 1.29 is 8.42 Å². The maximum atomic E-state index is 10.8. The Kier molecular flexibility index (Phi) is 3.55. The first-order valence-electron chi connectivity index (χ1n) is 3.58. The van der Waals surface area contributed by atoms with Crippen LogP contribution in [0.2, 0.25) is 0 Å². The molecule has 0 heterocycles. The largest absolute Gasteiger partial charge is 0.326 e. The first-order valence-corrected chi connectivity index (χ1v) is 7.61. The average molecular weight is 312 g/mol. The summed E-state index contributed by atoms with van der Waals surface area (Å²) in [6, 6.07) is 0. The minimum Gasteiger partial charge on any atom is -0.326 e. The van der Waals surface area contributed by atoms with Crippen LogP contribution in [0.3, 0.4) is 0 Å². The lowest BCUT2D eigenvalue weighted by Gasteiger charge is -2.06. The van der Waals surface area contributed by atoms with Crippen LogP contribution in [0.5, 0.6) is 0 Å². The highest BCUT2D eigenvalue weighted by molar-refractivity contribution is 14.2. The minimum atomic E-state index is -3.21. The van der Waals surface area contributed by atoms with Gasteiger partial charge in [0, 0.05) is 12.6 Å². The van der Waals surface area contributed by atoms with Crippen molar-refractivity contribution in [3.05, 3.63) is 29.2 Å². The maximum Gasteiger partial charge on any atom is 0.286 e. The van der Waals surface area contributed by atoms with Crippen LogP contribution in [0, 0.1) is 0 Å². The quantitative estimate of drug-likeness (QED) is 0.455. The van der Waals surface area contributed by atoms with Gasteiger partial charge in [-0.25, -0.2) is 0 Å². The van der Waals surface area contributed by atoms with Gasteiger partial charge < -0.3 is 5.73 Å². The van der Waals surface area contributed by atoms with Gasteiger partial charge in [-0.3, -0.25) is 4.72 Å². The zero-order valence-corrected chi connectivity index (χ0v) is 9.72. The van der Waals surface area contributed by atoms with Crippen molar-refractivity contribution in [1.82, 2.24) is 4.72 Å². The van der Waals surface area contributed by atoms with E-state index < -0.39 is 7.19 Å². The fourth-order valence-corrected chi connectivity index (χ4v) is 2.07. The van der Waals surface area contributed by atoms with Gasteiger partial charge in [0.25, 0.3) is 7.19 Å². The molecule has 0 amide bonds. The van der Waals surface area contributed by atoms with Crippen molar-refractivity contribution in [3.8, 4) is 0 Å². The fourth-order valence-electron chi connectivity index (χ4n) is 0.885. The van der Waals surface area contributed by atoms with Crippen LogP contribution in [0.4, 0.5) is 0 Å². The molecule has 0 radical (unpaired) electrons. The molecule has 0 spiro atoms. The Morgan fingerprint density at radius 3 is 2.77 bits per heavy atom. The van der Waals surface area contributed by atoms with Crippen molar-refractivity contribution in [3.63, 3.8) is 0 Å². The summed E-state index contributed by atoms with van der Waals surface area (Å²) in [6.07, 6.45) is 4.01. The van der Waals surface area contributed by atoms with Gasteiger partial charge in [-0.05, 0) is 12.0 Å². The molecule has 72 valence electrons. The molecule has 1 rings (SSSR count). The van der Waals surface area contributed by atoms with E-state index in [4.69, 9.17) is 5.73 Å². The van der Waals surface area contributed by atoms with Gasteiger partial charge in [-0.1, -0.05) is 6.08 Å². The Balaban J connectivity index is 2.74. The fraction of sp³-hybridized carbons (Fsp3) is 0.286. The molecule has 0 atom stereocenters. The number of hydrogen-bond acceptors (Lipinski definition) is 3. The van der Waals surface area contributed by atoms with Gasteiger partial charge in [0.05, 0.1) is 26.9 Å². The molecule has 0 saturated heterocycles. The SMILES string of the molecule is NCC1=C=CC(NS(=O)(=O)I)=CC1. The van der Waals surface area contributed by atoms with Gasteiger partial charge in [0.2, 0.25) is 0 Å². The predicted molar refractivity (Wildman–Crippen MR) is 59.4 cm³/mol. The Hall–Kier alpha value is -0.300. The number of halogens is 1. The molecule has 6 heteroatoms. The monoisotopic (exact) mass is 312 g/mol. The van der Waals surface area contributed by atoms with Crippen molar-refractivity contribution >= 4 is 28.4 Å². The van der Waals surface area contributed by atoms with Gasteiger partial charge in [-0.2, -0.15) is 8.42 Å². The molecule has 0 fully saturated rings. The van der Waals surface area contributed by atoms with Gasteiger partial charge in [0.15, 0.2) is 0 Å². The summed E-state index contributed by atoms with van der Waals surface area (Å²) in [7, 11) is -3.21. The second-order valence-corrected chi connectivity index (χ2v) is 7.06. The third-order valence-electron chi connectivity index (χ3n) is 1.49. The molecule has 0 saturated carbocycles. The second kappa shape index (κ2) is 4.28. The topological polar surface area (TPSA) is 72.2 Å². The van der Waals surface area contributed by atoms with Crippen LogP contribution in [0.15, 0.2) is 29.2 Å². The highest BCUT2D eigenvalue weighted by Gasteiger charge is 2.06. The Bertz CT molecular complexity index is 391. The maximum absolute atomic E-state index is 10.8. The molecule has 3 N–H and O–H groups in total. The summed E-state index contributed by atoms with van der Waals surface area (Å²) >= 11 is 1.33.